The average molecular weight is 156 g/mol. The maximum Gasteiger partial charge on any atom is 0.158 e. The Bertz CT molecular complexity index is 182. The molecular formula is C8H12O3. The smallest absolute Gasteiger partial charge is 0.158 e. The molecule has 0 aromatic carbocycles. The van der Waals surface area contributed by atoms with Crippen LogP contribution in [0.4, 0.5) is 0 Å². The maximum atomic E-state index is 5.63. The Kier molecular flexibility index (Phi) is 1.15. The molecule has 0 radical (unpaired) electrons. The van der Waals surface area contributed by atoms with Gasteiger partial charge in [-0.1, -0.05) is 0 Å². The molecule has 1 saturated carbocycles. The highest BCUT2D eigenvalue weighted by Crippen LogP contribution is 2.50. The second-order valence-electron chi connectivity index (χ2n) is 3.61. The lowest BCUT2D eigenvalue weighted by Crippen LogP contribution is -2.14. The fourth-order valence-corrected chi connectivity index (χ4v) is 2.40. The Morgan fingerprint density at radius 3 is 2.82 bits per heavy atom. The van der Waals surface area contributed by atoms with Crippen molar-refractivity contribution in [2.45, 2.75) is 37.4 Å². The fourth-order valence-electron chi connectivity index (χ4n) is 2.40. The number of hydrogen-bond donors (Lipinski definition) is 0. The van der Waals surface area contributed by atoms with E-state index in [1.54, 1.807) is 7.11 Å². The minimum atomic E-state index is 0.0372. The lowest BCUT2D eigenvalue weighted by molar-refractivity contribution is -0.117. The Hall–Kier alpha value is -0.120. The highest BCUT2D eigenvalue weighted by atomic mass is 16.7. The second kappa shape index (κ2) is 1.97. The van der Waals surface area contributed by atoms with E-state index in [0.717, 1.165) is 12.8 Å². The molecule has 2 saturated heterocycles. The van der Waals surface area contributed by atoms with Crippen LogP contribution >= 0.6 is 0 Å². The lowest BCUT2D eigenvalue weighted by atomic mass is 10.0. The van der Waals surface area contributed by atoms with Crippen LogP contribution in [-0.2, 0) is 14.2 Å². The summed E-state index contributed by atoms with van der Waals surface area (Å²) in [4.78, 5) is 0. The summed E-state index contributed by atoms with van der Waals surface area (Å²) in [5, 5.41) is 0. The Morgan fingerprint density at radius 1 is 1.18 bits per heavy atom. The van der Waals surface area contributed by atoms with Gasteiger partial charge in [-0.3, -0.25) is 0 Å². The van der Waals surface area contributed by atoms with Gasteiger partial charge in [-0.2, -0.15) is 0 Å². The van der Waals surface area contributed by atoms with Crippen molar-refractivity contribution < 1.29 is 14.2 Å². The lowest BCUT2D eigenvalue weighted by Gasteiger charge is -2.10. The van der Waals surface area contributed by atoms with Crippen molar-refractivity contribution >= 4 is 0 Å². The zero-order valence-corrected chi connectivity index (χ0v) is 6.53. The molecule has 0 spiro atoms. The van der Waals surface area contributed by atoms with Gasteiger partial charge in [0.2, 0.25) is 0 Å². The van der Waals surface area contributed by atoms with Gasteiger partial charge in [0.1, 0.15) is 0 Å². The van der Waals surface area contributed by atoms with Crippen molar-refractivity contribution in [3.05, 3.63) is 0 Å². The summed E-state index contributed by atoms with van der Waals surface area (Å²) in [6.07, 6.45) is 3.64. The number of hydrogen-bond acceptors (Lipinski definition) is 3. The Balaban J connectivity index is 1.73. The molecule has 1 aliphatic carbocycles. The van der Waals surface area contributed by atoms with Gasteiger partial charge in [0.15, 0.2) is 6.29 Å². The van der Waals surface area contributed by atoms with Crippen molar-refractivity contribution in [2.75, 3.05) is 7.11 Å². The van der Waals surface area contributed by atoms with Gasteiger partial charge in [-0.05, 0) is 0 Å². The molecular weight excluding hydrogens is 144 g/mol. The van der Waals surface area contributed by atoms with E-state index in [-0.39, 0.29) is 6.29 Å². The molecule has 2 aliphatic heterocycles. The van der Waals surface area contributed by atoms with Crippen molar-refractivity contribution in [1.82, 2.24) is 0 Å². The monoisotopic (exact) mass is 156 g/mol. The van der Waals surface area contributed by atoms with E-state index in [0.29, 0.717) is 24.2 Å². The van der Waals surface area contributed by atoms with Crippen LogP contribution < -0.4 is 0 Å². The van der Waals surface area contributed by atoms with Gasteiger partial charge in [-0.25, -0.2) is 0 Å². The summed E-state index contributed by atoms with van der Waals surface area (Å²) in [6, 6.07) is 0. The summed E-state index contributed by atoms with van der Waals surface area (Å²) in [5.74, 6) is 0.630. The van der Waals surface area contributed by atoms with Crippen LogP contribution in [0.1, 0.15) is 12.8 Å². The van der Waals surface area contributed by atoms with E-state index in [1.807, 2.05) is 0 Å². The minimum Gasteiger partial charge on any atom is -0.369 e. The van der Waals surface area contributed by atoms with E-state index in [1.165, 1.54) is 0 Å². The molecule has 0 aromatic heterocycles. The van der Waals surface area contributed by atoms with Crippen molar-refractivity contribution in [3.8, 4) is 0 Å². The van der Waals surface area contributed by atoms with Gasteiger partial charge in [0.25, 0.3) is 0 Å². The summed E-state index contributed by atoms with van der Waals surface area (Å²) in [7, 11) is 1.71. The third-order valence-corrected chi connectivity index (χ3v) is 3.04. The molecule has 0 amide bonds. The SMILES string of the molecule is COC1CC2C(CC3OC32)O1. The van der Waals surface area contributed by atoms with Gasteiger partial charge in [-0.15, -0.1) is 0 Å². The quantitative estimate of drug-likeness (QED) is 0.519. The number of methoxy groups -OCH3 is 1. The zero-order chi connectivity index (χ0) is 7.42. The summed E-state index contributed by atoms with van der Waals surface area (Å²) >= 11 is 0. The number of fused-ring (bicyclic) bond motifs is 3. The van der Waals surface area contributed by atoms with Gasteiger partial charge in [0, 0.05) is 25.9 Å². The Labute approximate surface area is 65.6 Å². The van der Waals surface area contributed by atoms with Crippen LogP contribution in [0.15, 0.2) is 0 Å². The topological polar surface area (TPSA) is 31.0 Å². The van der Waals surface area contributed by atoms with Crippen LogP contribution in [0.25, 0.3) is 0 Å². The maximum absolute atomic E-state index is 5.63. The highest BCUT2D eigenvalue weighted by Gasteiger charge is 2.59. The molecule has 3 heteroatoms. The molecule has 5 unspecified atom stereocenters. The van der Waals surface area contributed by atoms with Crippen molar-refractivity contribution in [3.63, 3.8) is 0 Å². The molecule has 62 valence electrons. The second-order valence-corrected chi connectivity index (χ2v) is 3.61. The van der Waals surface area contributed by atoms with Gasteiger partial charge >= 0.3 is 0 Å². The first kappa shape index (κ1) is 6.40. The van der Waals surface area contributed by atoms with Gasteiger partial charge < -0.3 is 14.2 Å². The third-order valence-electron chi connectivity index (χ3n) is 3.04. The van der Waals surface area contributed by atoms with E-state index in [9.17, 15) is 0 Å². The molecule has 3 aliphatic rings. The molecule has 0 bridgehead atoms. The third kappa shape index (κ3) is 0.789. The molecule has 0 aromatic rings. The van der Waals surface area contributed by atoms with E-state index >= 15 is 0 Å². The van der Waals surface area contributed by atoms with Crippen molar-refractivity contribution in [1.29, 1.82) is 0 Å². The molecule has 3 fully saturated rings. The average Bonchev–Trinajstić information content (AvgIpc) is 2.55. The molecule has 2 heterocycles. The molecule has 3 rings (SSSR count). The fraction of sp³-hybridized carbons (Fsp3) is 1.00. The summed E-state index contributed by atoms with van der Waals surface area (Å²) in [6.45, 7) is 0. The largest absolute Gasteiger partial charge is 0.369 e. The van der Waals surface area contributed by atoms with Crippen LogP contribution in [-0.4, -0.2) is 31.7 Å². The van der Waals surface area contributed by atoms with Crippen LogP contribution in [0.3, 0.4) is 0 Å². The highest BCUT2D eigenvalue weighted by molar-refractivity contribution is 5.05. The predicted octanol–water partition coefficient (Wildman–Crippen LogP) is 0.535. The van der Waals surface area contributed by atoms with Gasteiger partial charge in [0.05, 0.1) is 18.3 Å². The summed E-state index contributed by atoms with van der Waals surface area (Å²) in [5.41, 5.74) is 0. The first-order valence-corrected chi connectivity index (χ1v) is 4.22. The molecule has 0 N–H and O–H groups in total. The van der Waals surface area contributed by atoms with Crippen LogP contribution in [0.5, 0.6) is 0 Å². The molecule has 11 heavy (non-hydrogen) atoms. The zero-order valence-electron chi connectivity index (χ0n) is 6.53. The van der Waals surface area contributed by atoms with E-state index in [4.69, 9.17) is 14.2 Å². The first-order valence-electron chi connectivity index (χ1n) is 4.22. The first-order chi connectivity index (χ1) is 5.38. The van der Waals surface area contributed by atoms with Crippen molar-refractivity contribution in [2.24, 2.45) is 5.92 Å². The van der Waals surface area contributed by atoms with E-state index < -0.39 is 0 Å². The normalized spacial score (nSPS) is 59.2. The Morgan fingerprint density at radius 2 is 2.09 bits per heavy atom. The van der Waals surface area contributed by atoms with Crippen LogP contribution in [0, 0.1) is 5.92 Å². The molecule has 3 nitrogen and oxygen atoms in total. The van der Waals surface area contributed by atoms with E-state index in [2.05, 4.69) is 0 Å². The predicted molar refractivity (Wildman–Crippen MR) is 37.1 cm³/mol. The number of ether oxygens (including phenoxy) is 3. The number of rotatable bonds is 1. The minimum absolute atomic E-state index is 0.0372. The van der Waals surface area contributed by atoms with Crippen LogP contribution in [0.2, 0.25) is 0 Å². The molecule has 5 atom stereocenters. The number of epoxide rings is 1. The standard InChI is InChI=1S/C8H12O3/c1-9-7-2-4-5(10-7)3-6-8(4)11-6/h4-8H,2-3H2,1H3. The summed E-state index contributed by atoms with van der Waals surface area (Å²) < 4.78 is 16.2.